The number of rotatable bonds is 6. The highest BCUT2D eigenvalue weighted by Gasteiger charge is 2.37. The van der Waals surface area contributed by atoms with Gasteiger partial charge in [0.15, 0.2) is 0 Å². The average Bonchev–Trinajstić information content (AvgIpc) is 2.89. The van der Waals surface area contributed by atoms with Crippen LogP contribution in [0, 0.1) is 12.4 Å². The molecule has 2 aromatic heterocycles. The topological polar surface area (TPSA) is 55.0 Å². The van der Waals surface area contributed by atoms with Crippen molar-refractivity contribution in [3.63, 3.8) is 0 Å². The fraction of sp³-hybridized carbons (Fsp3) is 0.444. The lowest BCUT2D eigenvalue weighted by atomic mass is 9.96. The van der Waals surface area contributed by atoms with E-state index in [1.165, 1.54) is 13.2 Å². The first-order valence-corrected chi connectivity index (χ1v) is 12.1. The molecule has 0 amide bonds. The van der Waals surface area contributed by atoms with Gasteiger partial charge in [-0.1, -0.05) is 26.5 Å². The van der Waals surface area contributed by atoms with E-state index < -0.39 is 0 Å². The number of ether oxygens (including phenoxy) is 1. The second-order valence-electron chi connectivity index (χ2n) is 9.11. The fourth-order valence-electron chi connectivity index (χ4n) is 5.19. The van der Waals surface area contributed by atoms with Gasteiger partial charge in [-0.3, -0.25) is 9.69 Å². The Balaban J connectivity index is 1.74. The molecule has 184 valence electrons. The number of fused-ring (bicyclic) bond motifs is 1. The van der Waals surface area contributed by atoms with Crippen LogP contribution < -0.4 is 15.2 Å². The number of piperazine rings is 1. The van der Waals surface area contributed by atoms with Crippen LogP contribution in [0.2, 0.25) is 0 Å². The zero-order valence-electron chi connectivity index (χ0n) is 21.0. The molecule has 3 aromatic rings. The molecule has 1 fully saturated rings. The molecule has 3 heterocycles. The smallest absolute Gasteiger partial charge is 0.270 e. The number of anilines is 1. The van der Waals surface area contributed by atoms with Crippen molar-refractivity contribution >= 4 is 22.5 Å². The first-order valence-electron chi connectivity index (χ1n) is 12.1. The predicted octanol–water partition coefficient (Wildman–Crippen LogP) is 5.07. The van der Waals surface area contributed by atoms with Gasteiger partial charge in [0.2, 0.25) is 5.52 Å². The van der Waals surface area contributed by atoms with E-state index in [1.54, 1.807) is 35.9 Å². The van der Waals surface area contributed by atoms with E-state index in [0.29, 0.717) is 34.7 Å². The van der Waals surface area contributed by atoms with E-state index >= 15 is 0 Å². The molecule has 0 saturated carbocycles. The number of aryl methyl sites for hydroxylation is 1. The normalized spacial score (nSPS) is 19.5. The number of hydrogen-bond acceptors (Lipinski definition) is 5. The molecule has 4 rings (SSSR count). The highest BCUT2D eigenvalue weighted by molar-refractivity contribution is 5.89. The number of benzene rings is 1. The van der Waals surface area contributed by atoms with Crippen molar-refractivity contribution in [2.45, 2.75) is 51.7 Å². The number of nitrogens with zero attached hydrogens (tertiary/aromatic N) is 5. The van der Waals surface area contributed by atoms with E-state index in [0.717, 1.165) is 25.1 Å². The molecule has 1 aromatic carbocycles. The molecule has 1 aliphatic heterocycles. The van der Waals surface area contributed by atoms with Crippen LogP contribution >= 0.6 is 0 Å². The maximum atomic E-state index is 14.9. The molecule has 0 bridgehead atoms. The quantitative estimate of drug-likeness (QED) is 0.464. The number of pyridine rings is 2. The van der Waals surface area contributed by atoms with E-state index in [4.69, 9.17) is 11.3 Å². The summed E-state index contributed by atoms with van der Waals surface area (Å²) in [6, 6.07) is 10.3. The maximum Gasteiger partial charge on any atom is 0.270 e. The minimum absolute atomic E-state index is 0.107. The Morgan fingerprint density at radius 3 is 2.54 bits per heavy atom. The summed E-state index contributed by atoms with van der Waals surface area (Å²) in [5, 5.41) is 0. The molecule has 8 heteroatoms. The van der Waals surface area contributed by atoms with E-state index in [2.05, 4.69) is 33.5 Å². The highest BCUT2D eigenvalue weighted by Crippen LogP contribution is 2.35. The van der Waals surface area contributed by atoms with Gasteiger partial charge in [0.05, 0.1) is 18.3 Å². The minimum Gasteiger partial charge on any atom is -0.497 e. The Hall–Kier alpha value is -3.44. The average molecular weight is 478 g/mol. The third-order valence-electron chi connectivity index (χ3n) is 7.31. The van der Waals surface area contributed by atoms with Crippen molar-refractivity contribution < 1.29 is 9.13 Å². The molecule has 0 radical (unpaired) electrons. The van der Waals surface area contributed by atoms with Crippen LogP contribution in [0.15, 0.2) is 41.2 Å². The van der Waals surface area contributed by atoms with E-state index in [9.17, 15) is 9.18 Å². The summed E-state index contributed by atoms with van der Waals surface area (Å²) in [4.78, 5) is 25.6. The first kappa shape index (κ1) is 24.7. The Kier molecular flexibility index (Phi) is 7.08. The maximum absolute atomic E-state index is 14.9. The van der Waals surface area contributed by atoms with Crippen molar-refractivity contribution in [1.82, 2.24) is 14.5 Å². The summed E-state index contributed by atoms with van der Waals surface area (Å²) in [7, 11) is 3.26. The Labute approximate surface area is 205 Å². The van der Waals surface area contributed by atoms with E-state index in [-0.39, 0.29) is 29.5 Å². The summed E-state index contributed by atoms with van der Waals surface area (Å²) in [6.07, 6.45) is 1.72. The molecular formula is C27H32FN5O2. The van der Waals surface area contributed by atoms with Gasteiger partial charge in [0, 0.05) is 56.0 Å². The molecule has 0 spiro atoms. The molecule has 1 unspecified atom stereocenters. The van der Waals surface area contributed by atoms with Gasteiger partial charge in [-0.25, -0.2) is 4.39 Å². The van der Waals surface area contributed by atoms with Crippen LogP contribution in [0.3, 0.4) is 0 Å². The molecule has 35 heavy (non-hydrogen) atoms. The van der Waals surface area contributed by atoms with Crippen molar-refractivity contribution in [2.24, 2.45) is 7.05 Å². The standard InChI is InChI=1S/C27H32FN5O2/c1-7-18-16-33(24-14-26(34)31(5)23-11-12-25(29-4)30-27(23)24)19(8-2)15-32(18)17(3)21-10-9-20(35-6)13-22(21)28/h9-14,17-19H,7-8,15-16H2,1-3,5-6H3/t17?,18-,19+/m1/s1. The van der Waals surface area contributed by atoms with Crippen LogP contribution in [0.25, 0.3) is 15.9 Å². The molecule has 0 aliphatic carbocycles. The van der Waals surface area contributed by atoms with E-state index in [1.807, 2.05) is 13.0 Å². The van der Waals surface area contributed by atoms with Crippen molar-refractivity contribution in [3.8, 4) is 5.75 Å². The van der Waals surface area contributed by atoms with Crippen molar-refractivity contribution in [1.29, 1.82) is 0 Å². The fourth-order valence-corrected chi connectivity index (χ4v) is 5.19. The summed E-state index contributed by atoms with van der Waals surface area (Å²) in [6.45, 7) is 15.1. The van der Waals surface area contributed by atoms with Crippen LogP contribution in [0.4, 0.5) is 15.9 Å². The number of aromatic nitrogens is 2. The summed E-state index contributed by atoms with van der Waals surface area (Å²) < 4.78 is 21.7. The third kappa shape index (κ3) is 4.48. The third-order valence-corrected chi connectivity index (χ3v) is 7.31. The Morgan fingerprint density at radius 1 is 1.17 bits per heavy atom. The largest absolute Gasteiger partial charge is 0.497 e. The molecule has 3 atom stereocenters. The zero-order chi connectivity index (χ0) is 25.3. The Morgan fingerprint density at radius 2 is 1.91 bits per heavy atom. The minimum atomic E-state index is -0.268. The molecule has 1 aliphatic rings. The van der Waals surface area contributed by atoms with Crippen LogP contribution in [0.5, 0.6) is 5.75 Å². The molecule has 0 N–H and O–H groups in total. The summed E-state index contributed by atoms with van der Waals surface area (Å²) in [5.41, 5.74) is 2.68. The number of methoxy groups -OCH3 is 1. The van der Waals surface area contributed by atoms with Gasteiger partial charge < -0.3 is 19.0 Å². The Bertz CT molecular complexity index is 1330. The number of halogens is 1. The molecule has 7 nitrogen and oxygen atoms in total. The van der Waals surface area contributed by atoms with Crippen molar-refractivity contribution in [3.05, 3.63) is 69.5 Å². The van der Waals surface area contributed by atoms with Gasteiger partial charge >= 0.3 is 0 Å². The van der Waals surface area contributed by atoms with Gasteiger partial charge in [0.1, 0.15) is 11.6 Å². The zero-order valence-corrected chi connectivity index (χ0v) is 21.0. The van der Waals surface area contributed by atoms with Gasteiger partial charge in [0.25, 0.3) is 11.4 Å². The van der Waals surface area contributed by atoms with Gasteiger partial charge in [-0.15, -0.1) is 4.98 Å². The summed E-state index contributed by atoms with van der Waals surface area (Å²) >= 11 is 0. The number of hydrogen-bond donors (Lipinski definition) is 0. The second kappa shape index (κ2) is 10.0. The lowest BCUT2D eigenvalue weighted by molar-refractivity contribution is 0.0993. The molecule has 1 saturated heterocycles. The van der Waals surface area contributed by atoms with Crippen LogP contribution in [-0.2, 0) is 7.05 Å². The van der Waals surface area contributed by atoms with Gasteiger partial charge in [-0.05, 0) is 38.0 Å². The monoisotopic (exact) mass is 477 g/mol. The van der Waals surface area contributed by atoms with Crippen LogP contribution in [-0.4, -0.2) is 46.7 Å². The lowest BCUT2D eigenvalue weighted by Crippen LogP contribution is -2.59. The van der Waals surface area contributed by atoms with Crippen molar-refractivity contribution in [2.75, 3.05) is 25.1 Å². The van der Waals surface area contributed by atoms with Gasteiger partial charge in [-0.2, -0.15) is 0 Å². The SMILES string of the molecule is [C-]#[N+]c1ccc2c(n1)c(N1C[C@@H](CC)N(C(C)c3ccc(OC)cc3F)C[C@@H]1CC)cc(=O)n2C. The van der Waals surface area contributed by atoms with Crippen LogP contribution in [0.1, 0.15) is 45.2 Å². The predicted molar refractivity (Wildman–Crippen MR) is 137 cm³/mol. The first-order chi connectivity index (χ1) is 16.8. The second-order valence-corrected chi connectivity index (χ2v) is 9.11. The summed E-state index contributed by atoms with van der Waals surface area (Å²) in [5.74, 6) is 0.542. The lowest BCUT2D eigenvalue weighted by Gasteiger charge is -2.49. The highest BCUT2D eigenvalue weighted by atomic mass is 19.1. The molecular weight excluding hydrogens is 445 g/mol.